The van der Waals surface area contributed by atoms with Gasteiger partial charge in [-0.05, 0) is 30.8 Å². The van der Waals surface area contributed by atoms with E-state index in [1.165, 1.54) is 0 Å². The number of nitrogens with one attached hydrogen (secondary N) is 1. The summed E-state index contributed by atoms with van der Waals surface area (Å²) >= 11 is 0. The Morgan fingerprint density at radius 3 is 2.74 bits per heavy atom. The van der Waals surface area contributed by atoms with Gasteiger partial charge in [-0.2, -0.15) is 0 Å². The molecule has 1 aliphatic heterocycles. The number of ether oxygens (including phenoxy) is 2. The molecule has 0 saturated carbocycles. The minimum absolute atomic E-state index is 0.0128. The van der Waals surface area contributed by atoms with Crippen LogP contribution in [-0.4, -0.2) is 30.2 Å². The van der Waals surface area contributed by atoms with Crippen molar-refractivity contribution in [1.29, 1.82) is 0 Å². The van der Waals surface area contributed by atoms with Crippen molar-refractivity contribution in [3.8, 4) is 11.5 Å². The van der Waals surface area contributed by atoms with E-state index in [4.69, 9.17) is 9.47 Å². The standard InChI is InChI=1S/C14H15N3O2/c1-15-14(11-4-5-16-9-17-11)10-2-3-12-13(8-10)19-7-6-18-12/h2-5,8-9,14-15H,6-7H2,1H3. The van der Waals surface area contributed by atoms with Crippen LogP contribution in [-0.2, 0) is 0 Å². The van der Waals surface area contributed by atoms with Crippen LogP contribution in [0.1, 0.15) is 17.3 Å². The molecule has 3 rings (SSSR count). The number of rotatable bonds is 3. The molecule has 5 nitrogen and oxygen atoms in total. The van der Waals surface area contributed by atoms with Crippen molar-refractivity contribution >= 4 is 0 Å². The van der Waals surface area contributed by atoms with Gasteiger partial charge in [-0.3, -0.25) is 0 Å². The molecule has 1 aromatic carbocycles. The molecule has 1 atom stereocenters. The SMILES string of the molecule is CNC(c1ccc2c(c1)OCCO2)c1ccncn1. The van der Waals surface area contributed by atoms with E-state index in [-0.39, 0.29) is 6.04 Å². The molecule has 0 radical (unpaired) electrons. The fraction of sp³-hybridized carbons (Fsp3) is 0.286. The molecule has 1 unspecified atom stereocenters. The van der Waals surface area contributed by atoms with Crippen LogP contribution < -0.4 is 14.8 Å². The summed E-state index contributed by atoms with van der Waals surface area (Å²) in [5.41, 5.74) is 2.01. The van der Waals surface area contributed by atoms with Crippen molar-refractivity contribution in [1.82, 2.24) is 15.3 Å². The second kappa shape index (κ2) is 5.24. The van der Waals surface area contributed by atoms with Gasteiger partial charge in [-0.15, -0.1) is 0 Å². The number of nitrogens with zero attached hydrogens (tertiary/aromatic N) is 2. The molecule has 19 heavy (non-hydrogen) atoms. The van der Waals surface area contributed by atoms with E-state index in [0.29, 0.717) is 13.2 Å². The van der Waals surface area contributed by atoms with Crippen molar-refractivity contribution in [2.24, 2.45) is 0 Å². The van der Waals surface area contributed by atoms with Crippen LogP contribution in [0.15, 0.2) is 36.8 Å². The summed E-state index contributed by atoms with van der Waals surface area (Å²) in [6, 6.07) is 7.88. The third-order valence-electron chi connectivity index (χ3n) is 3.09. The minimum Gasteiger partial charge on any atom is -0.486 e. The molecular weight excluding hydrogens is 242 g/mol. The zero-order valence-corrected chi connectivity index (χ0v) is 10.7. The zero-order chi connectivity index (χ0) is 13.1. The Labute approximate surface area is 111 Å². The first kappa shape index (κ1) is 11.9. The molecular formula is C14H15N3O2. The lowest BCUT2D eigenvalue weighted by atomic mass is 10.0. The molecule has 1 N–H and O–H groups in total. The Morgan fingerprint density at radius 2 is 2.00 bits per heavy atom. The molecule has 0 bridgehead atoms. The highest BCUT2D eigenvalue weighted by Crippen LogP contribution is 2.33. The van der Waals surface area contributed by atoms with Gasteiger partial charge in [-0.25, -0.2) is 9.97 Å². The highest BCUT2D eigenvalue weighted by molar-refractivity contribution is 5.45. The summed E-state index contributed by atoms with van der Waals surface area (Å²) in [5, 5.41) is 3.25. The quantitative estimate of drug-likeness (QED) is 0.904. The first-order chi connectivity index (χ1) is 9.38. The van der Waals surface area contributed by atoms with Gasteiger partial charge in [0.1, 0.15) is 19.5 Å². The average Bonchev–Trinajstić information content (AvgIpc) is 2.49. The van der Waals surface area contributed by atoms with Crippen molar-refractivity contribution in [3.63, 3.8) is 0 Å². The molecule has 0 saturated heterocycles. The maximum atomic E-state index is 5.61. The van der Waals surface area contributed by atoms with Crippen molar-refractivity contribution < 1.29 is 9.47 Å². The zero-order valence-electron chi connectivity index (χ0n) is 10.7. The van der Waals surface area contributed by atoms with E-state index in [0.717, 1.165) is 22.8 Å². The van der Waals surface area contributed by atoms with Crippen LogP contribution in [0.4, 0.5) is 0 Å². The van der Waals surface area contributed by atoms with E-state index in [2.05, 4.69) is 15.3 Å². The van der Waals surface area contributed by atoms with Crippen molar-refractivity contribution in [2.75, 3.05) is 20.3 Å². The minimum atomic E-state index is 0.0128. The van der Waals surface area contributed by atoms with E-state index >= 15 is 0 Å². The van der Waals surface area contributed by atoms with Gasteiger partial charge < -0.3 is 14.8 Å². The highest BCUT2D eigenvalue weighted by atomic mass is 16.6. The molecule has 0 fully saturated rings. The third-order valence-corrected chi connectivity index (χ3v) is 3.09. The molecule has 1 aromatic heterocycles. The first-order valence-corrected chi connectivity index (χ1v) is 6.21. The van der Waals surface area contributed by atoms with Gasteiger partial charge in [0.25, 0.3) is 0 Å². The summed E-state index contributed by atoms with van der Waals surface area (Å²) in [5.74, 6) is 1.59. The number of hydrogen-bond donors (Lipinski definition) is 1. The van der Waals surface area contributed by atoms with Crippen molar-refractivity contribution in [3.05, 3.63) is 48.0 Å². The largest absolute Gasteiger partial charge is 0.486 e. The topological polar surface area (TPSA) is 56.3 Å². The van der Waals surface area contributed by atoms with Crippen LogP contribution in [0.3, 0.4) is 0 Å². The fourth-order valence-corrected chi connectivity index (χ4v) is 2.20. The number of hydrogen-bond acceptors (Lipinski definition) is 5. The van der Waals surface area contributed by atoms with Gasteiger partial charge in [0.05, 0.1) is 11.7 Å². The molecule has 5 heteroatoms. The lowest BCUT2D eigenvalue weighted by Gasteiger charge is -2.21. The van der Waals surface area contributed by atoms with E-state index < -0.39 is 0 Å². The Kier molecular flexibility index (Phi) is 3.29. The first-order valence-electron chi connectivity index (χ1n) is 6.21. The molecule has 98 valence electrons. The Balaban J connectivity index is 1.96. The second-order valence-electron chi connectivity index (χ2n) is 4.26. The fourth-order valence-electron chi connectivity index (χ4n) is 2.20. The lowest BCUT2D eigenvalue weighted by Crippen LogP contribution is -2.20. The molecule has 0 amide bonds. The van der Waals surface area contributed by atoms with Gasteiger partial charge in [0.15, 0.2) is 11.5 Å². The molecule has 1 aliphatic rings. The van der Waals surface area contributed by atoms with Crippen LogP contribution in [0.2, 0.25) is 0 Å². The third kappa shape index (κ3) is 2.37. The summed E-state index contributed by atoms with van der Waals surface area (Å²) in [6.45, 7) is 1.20. The number of aromatic nitrogens is 2. The molecule has 0 aliphatic carbocycles. The van der Waals surface area contributed by atoms with E-state index in [1.807, 2.05) is 31.3 Å². The molecule has 0 spiro atoms. The van der Waals surface area contributed by atoms with Crippen LogP contribution in [0.5, 0.6) is 11.5 Å². The van der Waals surface area contributed by atoms with Gasteiger partial charge in [0, 0.05) is 6.20 Å². The summed E-state index contributed by atoms with van der Waals surface area (Å²) in [6.07, 6.45) is 3.29. The van der Waals surface area contributed by atoms with Gasteiger partial charge in [0.2, 0.25) is 0 Å². The lowest BCUT2D eigenvalue weighted by molar-refractivity contribution is 0.171. The van der Waals surface area contributed by atoms with Crippen LogP contribution >= 0.6 is 0 Å². The van der Waals surface area contributed by atoms with Gasteiger partial charge in [-0.1, -0.05) is 6.07 Å². The number of benzene rings is 1. The normalized spacial score (nSPS) is 15.0. The Morgan fingerprint density at radius 1 is 1.16 bits per heavy atom. The van der Waals surface area contributed by atoms with Crippen LogP contribution in [0, 0.1) is 0 Å². The highest BCUT2D eigenvalue weighted by Gasteiger charge is 2.17. The van der Waals surface area contributed by atoms with Crippen LogP contribution in [0.25, 0.3) is 0 Å². The Hall–Kier alpha value is -2.14. The summed E-state index contributed by atoms with van der Waals surface area (Å²) in [7, 11) is 1.91. The summed E-state index contributed by atoms with van der Waals surface area (Å²) < 4.78 is 11.1. The van der Waals surface area contributed by atoms with Crippen molar-refractivity contribution in [2.45, 2.75) is 6.04 Å². The predicted octanol–water partition coefficient (Wildman–Crippen LogP) is 1.56. The maximum Gasteiger partial charge on any atom is 0.161 e. The summed E-state index contributed by atoms with van der Waals surface area (Å²) in [4.78, 5) is 8.24. The van der Waals surface area contributed by atoms with E-state index in [9.17, 15) is 0 Å². The Bertz CT molecular complexity index is 560. The second-order valence-corrected chi connectivity index (χ2v) is 4.26. The van der Waals surface area contributed by atoms with Gasteiger partial charge >= 0.3 is 0 Å². The van der Waals surface area contributed by atoms with E-state index in [1.54, 1.807) is 12.5 Å². The smallest absolute Gasteiger partial charge is 0.161 e. The monoisotopic (exact) mass is 257 g/mol. The predicted molar refractivity (Wildman–Crippen MR) is 70.4 cm³/mol. The molecule has 2 heterocycles. The molecule has 2 aromatic rings. The maximum absolute atomic E-state index is 5.61. The average molecular weight is 257 g/mol. The number of fused-ring (bicyclic) bond motifs is 1.